The van der Waals surface area contributed by atoms with E-state index in [9.17, 15) is 15.0 Å². The second-order valence-corrected chi connectivity index (χ2v) is 3.70. The number of rotatable bonds is 3. The summed E-state index contributed by atoms with van der Waals surface area (Å²) in [6, 6.07) is 9.64. The van der Waals surface area contributed by atoms with Crippen LogP contribution < -0.4 is 0 Å². The first-order chi connectivity index (χ1) is 8.66. The summed E-state index contributed by atoms with van der Waals surface area (Å²) in [6.45, 7) is 0. The van der Waals surface area contributed by atoms with Crippen LogP contribution in [-0.2, 0) is 4.79 Å². The van der Waals surface area contributed by atoms with E-state index in [2.05, 4.69) is 4.98 Å². The number of phenolic OH excluding ortho intramolecular Hbond substituents is 1. The van der Waals surface area contributed by atoms with Gasteiger partial charge in [0.05, 0.1) is 5.57 Å². The van der Waals surface area contributed by atoms with E-state index in [1.165, 1.54) is 18.2 Å². The number of hydrogen-bond donors (Lipinski definition) is 2. The van der Waals surface area contributed by atoms with Crippen LogP contribution in [-0.4, -0.2) is 21.2 Å². The Morgan fingerprint density at radius 2 is 2.06 bits per heavy atom. The number of hydrogen-bond acceptors (Lipinski definition) is 3. The SMILES string of the molecule is O=C(O)/C(=C\c1cccnc1)c1cccc(O)c1. The van der Waals surface area contributed by atoms with Gasteiger partial charge < -0.3 is 10.2 Å². The largest absolute Gasteiger partial charge is 0.508 e. The van der Waals surface area contributed by atoms with Crippen molar-refractivity contribution in [2.75, 3.05) is 0 Å². The van der Waals surface area contributed by atoms with Crippen molar-refractivity contribution >= 4 is 17.6 Å². The highest BCUT2D eigenvalue weighted by atomic mass is 16.4. The van der Waals surface area contributed by atoms with E-state index in [0.717, 1.165) is 0 Å². The van der Waals surface area contributed by atoms with Crippen molar-refractivity contribution < 1.29 is 15.0 Å². The molecule has 0 unspecified atom stereocenters. The minimum atomic E-state index is -1.05. The molecule has 1 aromatic carbocycles. The third-order valence-electron chi connectivity index (χ3n) is 2.38. The lowest BCUT2D eigenvalue weighted by Crippen LogP contribution is -1.99. The number of aliphatic carboxylic acids is 1. The molecule has 1 aromatic heterocycles. The van der Waals surface area contributed by atoms with Crippen LogP contribution in [0.3, 0.4) is 0 Å². The minimum absolute atomic E-state index is 0.0332. The molecule has 0 atom stereocenters. The monoisotopic (exact) mass is 241 g/mol. The summed E-state index contributed by atoms with van der Waals surface area (Å²) in [5, 5.41) is 18.6. The number of benzene rings is 1. The van der Waals surface area contributed by atoms with Gasteiger partial charge in [0.15, 0.2) is 0 Å². The number of pyridine rings is 1. The third-order valence-corrected chi connectivity index (χ3v) is 2.38. The van der Waals surface area contributed by atoms with Crippen molar-refractivity contribution in [3.63, 3.8) is 0 Å². The van der Waals surface area contributed by atoms with Crippen molar-refractivity contribution in [3.8, 4) is 5.75 Å². The molecule has 0 radical (unpaired) electrons. The summed E-state index contributed by atoms with van der Waals surface area (Å²) < 4.78 is 0. The summed E-state index contributed by atoms with van der Waals surface area (Å²) in [4.78, 5) is 15.2. The molecular weight excluding hydrogens is 230 g/mol. The van der Waals surface area contributed by atoms with Crippen LogP contribution in [0.2, 0.25) is 0 Å². The molecular formula is C14H11NO3. The van der Waals surface area contributed by atoms with E-state index >= 15 is 0 Å². The Bertz CT molecular complexity index is 591. The predicted molar refractivity (Wildman–Crippen MR) is 67.9 cm³/mol. The molecule has 0 bridgehead atoms. The normalized spacial score (nSPS) is 11.2. The van der Waals surface area contributed by atoms with E-state index in [4.69, 9.17) is 0 Å². The summed E-state index contributed by atoms with van der Waals surface area (Å²) >= 11 is 0. The van der Waals surface area contributed by atoms with Crippen LogP contribution in [0.1, 0.15) is 11.1 Å². The molecule has 18 heavy (non-hydrogen) atoms. The van der Waals surface area contributed by atoms with E-state index in [0.29, 0.717) is 11.1 Å². The van der Waals surface area contributed by atoms with Gasteiger partial charge in [0.2, 0.25) is 0 Å². The number of aromatic hydroxyl groups is 1. The lowest BCUT2D eigenvalue weighted by molar-refractivity contribution is -0.130. The standard InChI is InChI=1S/C14H11NO3/c16-12-5-1-4-11(8-12)13(14(17)18)7-10-3-2-6-15-9-10/h1-9,16H,(H,17,18)/b13-7-. The molecule has 0 saturated carbocycles. The second-order valence-electron chi connectivity index (χ2n) is 3.70. The zero-order chi connectivity index (χ0) is 13.0. The van der Waals surface area contributed by atoms with Crippen molar-refractivity contribution in [1.29, 1.82) is 0 Å². The molecule has 90 valence electrons. The number of phenols is 1. The fourth-order valence-electron chi connectivity index (χ4n) is 1.57. The van der Waals surface area contributed by atoms with Crippen molar-refractivity contribution in [2.24, 2.45) is 0 Å². The molecule has 2 N–H and O–H groups in total. The first-order valence-corrected chi connectivity index (χ1v) is 5.31. The van der Waals surface area contributed by atoms with Gasteiger partial charge in [0, 0.05) is 12.4 Å². The zero-order valence-corrected chi connectivity index (χ0v) is 9.45. The number of carboxylic acids is 1. The fourth-order valence-corrected chi connectivity index (χ4v) is 1.57. The topological polar surface area (TPSA) is 70.4 Å². The number of nitrogens with zero attached hydrogens (tertiary/aromatic N) is 1. The minimum Gasteiger partial charge on any atom is -0.508 e. The maximum atomic E-state index is 11.2. The van der Waals surface area contributed by atoms with E-state index in [1.807, 2.05) is 0 Å². The molecule has 4 heteroatoms. The number of carbonyl (C=O) groups is 1. The maximum Gasteiger partial charge on any atom is 0.336 e. The Kier molecular flexibility index (Phi) is 3.38. The van der Waals surface area contributed by atoms with Crippen LogP contribution in [0.4, 0.5) is 0 Å². The highest BCUT2D eigenvalue weighted by Crippen LogP contribution is 2.21. The molecule has 0 saturated heterocycles. The van der Waals surface area contributed by atoms with Crippen molar-refractivity contribution in [1.82, 2.24) is 4.98 Å². The number of carboxylic acid groups (broad SMARTS) is 1. The first kappa shape index (κ1) is 11.9. The highest BCUT2D eigenvalue weighted by molar-refractivity contribution is 6.20. The van der Waals surface area contributed by atoms with Crippen molar-refractivity contribution in [3.05, 3.63) is 59.9 Å². The summed E-state index contributed by atoms with van der Waals surface area (Å²) in [5.41, 5.74) is 1.25. The second kappa shape index (κ2) is 5.14. The quantitative estimate of drug-likeness (QED) is 0.809. The molecule has 0 aliphatic heterocycles. The van der Waals surface area contributed by atoms with Gasteiger partial charge in [-0.2, -0.15) is 0 Å². The van der Waals surface area contributed by atoms with Gasteiger partial charge in [-0.15, -0.1) is 0 Å². The Morgan fingerprint density at radius 1 is 1.22 bits per heavy atom. The highest BCUT2D eigenvalue weighted by Gasteiger charge is 2.10. The van der Waals surface area contributed by atoms with Gasteiger partial charge in [-0.3, -0.25) is 4.98 Å². The summed E-state index contributed by atoms with van der Waals surface area (Å²) in [7, 11) is 0. The summed E-state index contributed by atoms with van der Waals surface area (Å²) in [6.07, 6.45) is 4.71. The fraction of sp³-hybridized carbons (Fsp3) is 0. The Labute approximate surface area is 104 Å². The van der Waals surface area contributed by atoms with Gasteiger partial charge in [-0.1, -0.05) is 18.2 Å². The molecule has 0 aliphatic rings. The van der Waals surface area contributed by atoms with Gasteiger partial charge in [0.25, 0.3) is 0 Å². The van der Waals surface area contributed by atoms with Crippen LogP contribution in [0, 0.1) is 0 Å². The van der Waals surface area contributed by atoms with Crippen LogP contribution in [0.15, 0.2) is 48.8 Å². The van der Waals surface area contributed by atoms with E-state index in [1.54, 1.807) is 36.7 Å². The van der Waals surface area contributed by atoms with Crippen LogP contribution in [0.25, 0.3) is 11.6 Å². The van der Waals surface area contributed by atoms with Gasteiger partial charge in [-0.25, -0.2) is 4.79 Å². The molecule has 0 amide bonds. The molecule has 2 rings (SSSR count). The zero-order valence-electron chi connectivity index (χ0n) is 9.45. The molecule has 4 nitrogen and oxygen atoms in total. The van der Waals surface area contributed by atoms with E-state index < -0.39 is 5.97 Å². The number of aromatic nitrogens is 1. The maximum absolute atomic E-state index is 11.2. The molecule has 1 heterocycles. The summed E-state index contributed by atoms with van der Waals surface area (Å²) in [5.74, 6) is -1.02. The van der Waals surface area contributed by atoms with E-state index in [-0.39, 0.29) is 11.3 Å². The Hall–Kier alpha value is -2.62. The molecule has 2 aromatic rings. The molecule has 0 aliphatic carbocycles. The smallest absolute Gasteiger partial charge is 0.336 e. The van der Waals surface area contributed by atoms with Crippen LogP contribution in [0.5, 0.6) is 5.75 Å². The van der Waals surface area contributed by atoms with Crippen LogP contribution >= 0.6 is 0 Å². The lowest BCUT2D eigenvalue weighted by Gasteiger charge is -2.03. The average molecular weight is 241 g/mol. The Morgan fingerprint density at radius 3 is 2.67 bits per heavy atom. The lowest BCUT2D eigenvalue weighted by atomic mass is 10.0. The molecule has 0 spiro atoms. The predicted octanol–water partition coefficient (Wildman–Crippen LogP) is 2.41. The average Bonchev–Trinajstić information content (AvgIpc) is 2.37. The third kappa shape index (κ3) is 2.74. The first-order valence-electron chi connectivity index (χ1n) is 5.31. The Balaban J connectivity index is 2.47. The molecule has 0 fully saturated rings. The van der Waals surface area contributed by atoms with Gasteiger partial charge >= 0.3 is 5.97 Å². The van der Waals surface area contributed by atoms with Gasteiger partial charge in [0.1, 0.15) is 5.75 Å². The van der Waals surface area contributed by atoms with Gasteiger partial charge in [-0.05, 0) is 35.4 Å². The van der Waals surface area contributed by atoms with Crippen molar-refractivity contribution in [2.45, 2.75) is 0 Å².